The van der Waals surface area contributed by atoms with E-state index in [0.717, 1.165) is 28.3 Å². The highest BCUT2D eigenvalue weighted by Gasteiger charge is 2.32. The van der Waals surface area contributed by atoms with E-state index in [2.05, 4.69) is 0 Å². The van der Waals surface area contributed by atoms with Crippen molar-refractivity contribution in [3.63, 3.8) is 0 Å². The van der Waals surface area contributed by atoms with Crippen LogP contribution in [0.4, 0.5) is 10.5 Å². The smallest absolute Gasteiger partial charge is 0.414 e. The molecule has 2 aliphatic rings. The molecular weight excluding hydrogens is 278 g/mol. The van der Waals surface area contributed by atoms with Crippen LogP contribution in [0.15, 0.2) is 18.2 Å². The minimum Gasteiger partial charge on any atom is -0.441 e. The number of rotatable bonds is 2. The Kier molecular flexibility index (Phi) is 3.67. The molecule has 1 fully saturated rings. The number of cyclic esters (lactones) is 1. The van der Waals surface area contributed by atoms with E-state index in [1.807, 2.05) is 6.07 Å². The van der Waals surface area contributed by atoms with Gasteiger partial charge in [0.15, 0.2) is 5.78 Å². The number of carbonyl (C=O) groups is 2. The van der Waals surface area contributed by atoms with Gasteiger partial charge < -0.3 is 9.84 Å². The Hall–Kier alpha value is -1.53. The number of ketones is 1. The van der Waals surface area contributed by atoms with Gasteiger partial charge in [-0.05, 0) is 23.8 Å². The van der Waals surface area contributed by atoms with Gasteiger partial charge >= 0.3 is 6.09 Å². The van der Waals surface area contributed by atoms with Gasteiger partial charge in [-0.1, -0.05) is 0 Å². The lowest BCUT2D eigenvalue weighted by atomic mass is 10.0. The Labute approximate surface area is 120 Å². The monoisotopic (exact) mass is 293 g/mol. The molecule has 3 rings (SSSR count). The molecule has 5 nitrogen and oxygen atoms in total. The molecule has 0 unspecified atom stereocenters. The van der Waals surface area contributed by atoms with E-state index in [4.69, 9.17) is 9.84 Å². The van der Waals surface area contributed by atoms with Crippen molar-refractivity contribution >= 4 is 29.3 Å². The molecule has 0 spiro atoms. The van der Waals surface area contributed by atoms with E-state index in [1.54, 1.807) is 23.9 Å². The highest BCUT2D eigenvalue weighted by molar-refractivity contribution is 7.98. The number of aliphatic hydroxyl groups excluding tert-OH is 1. The largest absolute Gasteiger partial charge is 0.441 e. The first kappa shape index (κ1) is 13.5. The van der Waals surface area contributed by atoms with Crippen LogP contribution >= 0.6 is 11.8 Å². The standard InChI is InChI=1S/C14H15NO4S/c16-7-11-6-15(14(18)19-11)10-1-2-12-9(5-10)8-20-4-3-13(12)17/h1-2,5,11,16H,3-4,6-8H2/t11-/m1/s1. The van der Waals surface area contributed by atoms with Gasteiger partial charge in [0.2, 0.25) is 0 Å². The van der Waals surface area contributed by atoms with Crippen LogP contribution < -0.4 is 4.90 Å². The van der Waals surface area contributed by atoms with Gasteiger partial charge in [-0.15, -0.1) is 0 Å². The Morgan fingerprint density at radius 2 is 2.25 bits per heavy atom. The van der Waals surface area contributed by atoms with Crippen LogP contribution in [0.2, 0.25) is 0 Å². The van der Waals surface area contributed by atoms with Crippen molar-refractivity contribution in [2.45, 2.75) is 18.3 Å². The molecule has 1 amide bonds. The molecule has 1 aromatic carbocycles. The summed E-state index contributed by atoms with van der Waals surface area (Å²) in [5.41, 5.74) is 2.44. The van der Waals surface area contributed by atoms with Crippen molar-refractivity contribution in [2.75, 3.05) is 23.8 Å². The zero-order valence-corrected chi connectivity index (χ0v) is 11.7. The van der Waals surface area contributed by atoms with Crippen LogP contribution in [-0.2, 0) is 10.5 Å². The first-order chi connectivity index (χ1) is 9.69. The van der Waals surface area contributed by atoms with Gasteiger partial charge in [0, 0.05) is 29.2 Å². The van der Waals surface area contributed by atoms with Crippen LogP contribution in [0.3, 0.4) is 0 Å². The van der Waals surface area contributed by atoms with Gasteiger partial charge in [-0.3, -0.25) is 9.69 Å². The lowest BCUT2D eigenvalue weighted by Gasteiger charge is -2.15. The number of thioether (sulfide) groups is 1. The normalized spacial score (nSPS) is 22.4. The molecule has 2 aliphatic heterocycles. The minimum atomic E-state index is -0.475. The topological polar surface area (TPSA) is 66.8 Å². The average Bonchev–Trinajstić information content (AvgIpc) is 2.74. The van der Waals surface area contributed by atoms with Gasteiger partial charge in [0.25, 0.3) is 0 Å². The lowest BCUT2D eigenvalue weighted by molar-refractivity contribution is 0.0962. The molecule has 2 heterocycles. The van der Waals surface area contributed by atoms with E-state index in [0.29, 0.717) is 13.0 Å². The zero-order chi connectivity index (χ0) is 14.1. The number of fused-ring (bicyclic) bond motifs is 1. The van der Waals surface area contributed by atoms with Crippen LogP contribution in [0.1, 0.15) is 22.3 Å². The molecule has 0 radical (unpaired) electrons. The number of hydrogen-bond acceptors (Lipinski definition) is 5. The molecule has 1 saturated heterocycles. The Morgan fingerprint density at radius 3 is 3.00 bits per heavy atom. The Balaban J connectivity index is 1.91. The minimum absolute atomic E-state index is 0.161. The summed E-state index contributed by atoms with van der Waals surface area (Å²) in [6.07, 6.45) is -0.357. The predicted octanol–water partition coefficient (Wildman–Crippen LogP) is 1.82. The summed E-state index contributed by atoms with van der Waals surface area (Å²) >= 11 is 1.72. The molecule has 1 aromatic rings. The third kappa shape index (κ3) is 2.41. The number of anilines is 1. The van der Waals surface area contributed by atoms with E-state index in [1.165, 1.54) is 4.90 Å². The van der Waals surface area contributed by atoms with Crippen molar-refractivity contribution in [3.05, 3.63) is 29.3 Å². The molecule has 1 N–H and O–H groups in total. The maximum atomic E-state index is 11.9. The summed E-state index contributed by atoms with van der Waals surface area (Å²) < 4.78 is 5.03. The fourth-order valence-corrected chi connectivity index (χ4v) is 3.38. The predicted molar refractivity (Wildman–Crippen MR) is 76.3 cm³/mol. The van der Waals surface area contributed by atoms with Crippen molar-refractivity contribution in [2.24, 2.45) is 0 Å². The van der Waals surface area contributed by atoms with Crippen molar-refractivity contribution in [3.8, 4) is 0 Å². The second-order valence-electron chi connectivity index (χ2n) is 4.87. The number of hydrogen-bond donors (Lipinski definition) is 1. The lowest BCUT2D eigenvalue weighted by Crippen LogP contribution is -2.25. The first-order valence-corrected chi connectivity index (χ1v) is 7.67. The number of ether oxygens (including phenoxy) is 1. The summed E-state index contributed by atoms with van der Waals surface area (Å²) in [5.74, 6) is 1.77. The average molecular weight is 293 g/mol. The second-order valence-corrected chi connectivity index (χ2v) is 5.97. The first-order valence-electron chi connectivity index (χ1n) is 6.52. The quantitative estimate of drug-likeness (QED) is 0.901. The Bertz CT molecular complexity index is 560. The summed E-state index contributed by atoms with van der Waals surface area (Å²) in [4.78, 5) is 25.2. The molecule has 0 bridgehead atoms. The van der Waals surface area contributed by atoms with Gasteiger partial charge in [-0.25, -0.2) is 4.79 Å². The van der Waals surface area contributed by atoms with Crippen molar-refractivity contribution in [1.82, 2.24) is 0 Å². The maximum Gasteiger partial charge on any atom is 0.414 e. The highest BCUT2D eigenvalue weighted by Crippen LogP contribution is 2.29. The van der Waals surface area contributed by atoms with Crippen molar-refractivity contribution in [1.29, 1.82) is 0 Å². The molecule has 106 valence electrons. The highest BCUT2D eigenvalue weighted by atomic mass is 32.2. The number of Topliss-reactive ketones (excluding diaryl/α,β-unsaturated/α-hetero) is 1. The SMILES string of the molecule is O=C1CCSCc2cc(N3C[C@H](CO)OC3=O)ccc21. The van der Waals surface area contributed by atoms with Crippen molar-refractivity contribution < 1.29 is 19.4 Å². The summed E-state index contributed by atoms with van der Waals surface area (Å²) in [7, 11) is 0. The molecule has 1 atom stereocenters. The van der Waals surface area contributed by atoms with Gasteiger partial charge in [-0.2, -0.15) is 11.8 Å². The van der Waals surface area contributed by atoms with Gasteiger partial charge in [0.05, 0.1) is 13.2 Å². The van der Waals surface area contributed by atoms with Crippen LogP contribution in [0.25, 0.3) is 0 Å². The summed E-state index contributed by atoms with van der Waals surface area (Å²) in [6, 6.07) is 5.44. The molecule has 0 saturated carbocycles. The van der Waals surface area contributed by atoms with Crippen LogP contribution in [-0.4, -0.2) is 42.0 Å². The molecule has 20 heavy (non-hydrogen) atoms. The molecule has 6 heteroatoms. The third-order valence-corrected chi connectivity index (χ3v) is 4.52. The fraction of sp³-hybridized carbons (Fsp3) is 0.429. The van der Waals surface area contributed by atoms with E-state index >= 15 is 0 Å². The molecular formula is C14H15NO4S. The Morgan fingerprint density at radius 1 is 1.40 bits per heavy atom. The van der Waals surface area contributed by atoms with Crippen LogP contribution in [0.5, 0.6) is 0 Å². The maximum absolute atomic E-state index is 11.9. The summed E-state index contributed by atoms with van der Waals surface area (Å²) in [5, 5.41) is 9.06. The van der Waals surface area contributed by atoms with E-state index < -0.39 is 12.2 Å². The number of carbonyl (C=O) groups excluding carboxylic acids is 2. The van der Waals surface area contributed by atoms with Crippen LogP contribution in [0, 0.1) is 0 Å². The number of aliphatic hydroxyl groups is 1. The molecule has 0 aliphatic carbocycles. The van der Waals surface area contributed by atoms with E-state index in [-0.39, 0.29) is 12.4 Å². The second kappa shape index (κ2) is 5.46. The van der Waals surface area contributed by atoms with Gasteiger partial charge in [0.1, 0.15) is 6.10 Å². The zero-order valence-electron chi connectivity index (χ0n) is 10.9. The fourth-order valence-electron chi connectivity index (χ4n) is 2.45. The number of nitrogens with zero attached hydrogens (tertiary/aromatic N) is 1. The molecule has 0 aromatic heterocycles. The van der Waals surface area contributed by atoms with E-state index in [9.17, 15) is 9.59 Å². The summed E-state index contributed by atoms with van der Waals surface area (Å²) in [6.45, 7) is 0.163. The third-order valence-electron chi connectivity index (χ3n) is 3.51. The number of amides is 1. The number of benzene rings is 1.